The topological polar surface area (TPSA) is 69.4 Å². The van der Waals surface area contributed by atoms with Crippen molar-refractivity contribution in [2.45, 2.75) is 10.4 Å². The van der Waals surface area contributed by atoms with E-state index in [4.69, 9.17) is 16.7 Å². The van der Waals surface area contributed by atoms with Crippen LogP contribution in [0.25, 0.3) is 0 Å². The molecule has 0 unspecified atom stereocenters. The van der Waals surface area contributed by atoms with E-state index in [1.54, 1.807) is 0 Å². The van der Waals surface area contributed by atoms with Crippen LogP contribution in [-0.2, 0) is 9.84 Å². The highest BCUT2D eigenvalue weighted by atomic mass is 35.5. The van der Waals surface area contributed by atoms with E-state index < -0.39 is 25.3 Å². The van der Waals surface area contributed by atoms with Crippen LogP contribution in [0.1, 0.15) is 0 Å². The third kappa shape index (κ3) is 2.97. The van der Waals surface area contributed by atoms with Gasteiger partial charge in [-0.1, -0.05) is 11.6 Å². The molecule has 0 saturated carbocycles. The van der Waals surface area contributed by atoms with Gasteiger partial charge in [-0.3, -0.25) is 0 Å². The van der Waals surface area contributed by atoms with Gasteiger partial charge in [0.1, 0.15) is 18.0 Å². The van der Waals surface area contributed by atoms with E-state index in [0.717, 1.165) is 6.07 Å². The molecule has 17 heavy (non-hydrogen) atoms. The molecule has 0 spiro atoms. The van der Waals surface area contributed by atoms with Crippen LogP contribution >= 0.6 is 23.8 Å². The summed E-state index contributed by atoms with van der Waals surface area (Å²) < 4.78 is 63.8. The Bertz CT molecular complexity index is 518. The standard InChI is InChI=1S/C7H5ClF3NO3S2/c8-5-2-1-4(15-16-12)3-6(5)17(13,14)7(9,10)11/h1-3H,12H2. The number of hydrogen-bond acceptors (Lipinski definition) is 5. The predicted octanol–water partition coefficient (Wildman–Crippen LogP) is 2.53. The van der Waals surface area contributed by atoms with Crippen molar-refractivity contribution in [2.24, 2.45) is 5.14 Å². The van der Waals surface area contributed by atoms with Gasteiger partial charge in [0.25, 0.3) is 9.84 Å². The van der Waals surface area contributed by atoms with E-state index in [-0.39, 0.29) is 5.75 Å². The number of halogens is 4. The van der Waals surface area contributed by atoms with E-state index >= 15 is 0 Å². The van der Waals surface area contributed by atoms with Crippen molar-refractivity contribution in [2.75, 3.05) is 0 Å². The van der Waals surface area contributed by atoms with Crippen LogP contribution in [0.5, 0.6) is 5.75 Å². The fourth-order valence-corrected chi connectivity index (χ4v) is 2.40. The molecule has 0 amide bonds. The van der Waals surface area contributed by atoms with E-state index in [1.165, 1.54) is 6.07 Å². The molecule has 96 valence electrons. The third-order valence-electron chi connectivity index (χ3n) is 1.64. The maximum Gasteiger partial charge on any atom is 0.501 e. The van der Waals surface area contributed by atoms with Crippen molar-refractivity contribution in [3.63, 3.8) is 0 Å². The SMILES string of the molecule is NSOc1ccc(Cl)c(S(=O)(=O)C(F)(F)F)c1. The number of nitrogens with two attached hydrogens (primary N) is 1. The lowest BCUT2D eigenvalue weighted by molar-refractivity contribution is -0.0435. The Balaban J connectivity index is 3.36. The second kappa shape index (κ2) is 4.92. The summed E-state index contributed by atoms with van der Waals surface area (Å²) in [4.78, 5) is -1.07. The largest absolute Gasteiger partial charge is 0.501 e. The van der Waals surface area contributed by atoms with Gasteiger partial charge in [0.2, 0.25) is 0 Å². The number of hydrogen-bond donors (Lipinski definition) is 1. The van der Waals surface area contributed by atoms with Crippen molar-refractivity contribution < 1.29 is 25.8 Å². The Morgan fingerprint density at radius 2 is 1.94 bits per heavy atom. The van der Waals surface area contributed by atoms with Crippen LogP contribution in [0, 0.1) is 0 Å². The molecule has 0 aliphatic heterocycles. The van der Waals surface area contributed by atoms with E-state index in [0.29, 0.717) is 18.3 Å². The van der Waals surface area contributed by atoms with Crippen LogP contribution in [0.3, 0.4) is 0 Å². The summed E-state index contributed by atoms with van der Waals surface area (Å²) in [6.07, 6.45) is 0. The van der Waals surface area contributed by atoms with Crippen LogP contribution in [0.2, 0.25) is 5.02 Å². The van der Waals surface area contributed by atoms with Crippen molar-refractivity contribution in [3.05, 3.63) is 23.2 Å². The Labute approximate surface area is 104 Å². The molecule has 4 nitrogen and oxygen atoms in total. The van der Waals surface area contributed by atoms with Gasteiger partial charge in [0, 0.05) is 6.07 Å². The highest BCUT2D eigenvalue weighted by Gasteiger charge is 2.48. The Kier molecular flexibility index (Phi) is 4.18. The van der Waals surface area contributed by atoms with Gasteiger partial charge < -0.3 is 4.18 Å². The molecule has 0 radical (unpaired) electrons. The van der Waals surface area contributed by atoms with Gasteiger partial charge in [-0.15, -0.1) is 0 Å². The molecule has 1 aromatic rings. The van der Waals surface area contributed by atoms with Gasteiger partial charge in [-0.05, 0) is 12.1 Å². The first-order valence-electron chi connectivity index (χ1n) is 3.84. The molecule has 0 saturated heterocycles. The van der Waals surface area contributed by atoms with Gasteiger partial charge in [-0.2, -0.15) is 13.2 Å². The lowest BCUT2D eigenvalue weighted by Gasteiger charge is -2.10. The van der Waals surface area contributed by atoms with Gasteiger partial charge in [0.15, 0.2) is 0 Å². The molecule has 0 aromatic heterocycles. The molecule has 0 heterocycles. The third-order valence-corrected chi connectivity index (χ3v) is 3.90. The summed E-state index contributed by atoms with van der Waals surface area (Å²) in [7, 11) is -5.51. The highest BCUT2D eigenvalue weighted by molar-refractivity contribution is 7.92. The molecule has 0 fully saturated rings. The summed E-state index contributed by atoms with van der Waals surface area (Å²) >= 11 is 5.78. The van der Waals surface area contributed by atoms with Gasteiger partial charge in [-0.25, -0.2) is 13.6 Å². The van der Waals surface area contributed by atoms with Gasteiger partial charge >= 0.3 is 5.51 Å². The Morgan fingerprint density at radius 1 is 1.35 bits per heavy atom. The smallest absolute Gasteiger partial charge is 0.410 e. The summed E-state index contributed by atoms with van der Waals surface area (Å²) in [5.74, 6) is -0.148. The lowest BCUT2D eigenvalue weighted by Crippen LogP contribution is -2.23. The summed E-state index contributed by atoms with van der Waals surface area (Å²) in [6, 6.07) is 2.83. The zero-order valence-electron chi connectivity index (χ0n) is 7.86. The van der Waals surface area contributed by atoms with E-state index in [9.17, 15) is 21.6 Å². The minimum Gasteiger partial charge on any atom is -0.410 e. The quantitative estimate of drug-likeness (QED) is 0.686. The fraction of sp³-hybridized carbons (Fsp3) is 0.143. The average molecular weight is 308 g/mol. The molecule has 0 bridgehead atoms. The molecule has 2 N–H and O–H groups in total. The summed E-state index contributed by atoms with van der Waals surface area (Å²) in [5.41, 5.74) is -5.43. The summed E-state index contributed by atoms with van der Waals surface area (Å²) in [5, 5.41) is 4.39. The van der Waals surface area contributed by atoms with Crippen LogP contribution < -0.4 is 9.32 Å². The second-order valence-corrected chi connectivity index (χ2v) is 5.40. The van der Waals surface area contributed by atoms with E-state index in [2.05, 4.69) is 4.18 Å². The van der Waals surface area contributed by atoms with Crippen molar-refractivity contribution in [1.82, 2.24) is 0 Å². The average Bonchev–Trinajstić information content (AvgIpc) is 2.19. The number of rotatable bonds is 3. The van der Waals surface area contributed by atoms with Crippen molar-refractivity contribution in [1.29, 1.82) is 0 Å². The zero-order valence-corrected chi connectivity index (χ0v) is 10.3. The maximum atomic E-state index is 12.3. The predicted molar refractivity (Wildman–Crippen MR) is 57.1 cm³/mol. The Morgan fingerprint density at radius 3 is 2.41 bits per heavy atom. The molecule has 1 rings (SSSR count). The molecule has 1 aromatic carbocycles. The minimum atomic E-state index is -5.51. The molecule has 10 heteroatoms. The lowest BCUT2D eigenvalue weighted by atomic mass is 10.3. The Hall–Kier alpha value is -0.640. The normalized spacial score (nSPS) is 12.5. The minimum absolute atomic E-state index is 0.148. The van der Waals surface area contributed by atoms with Crippen molar-refractivity contribution in [3.8, 4) is 5.75 Å². The first-order chi connectivity index (χ1) is 7.70. The van der Waals surface area contributed by atoms with Gasteiger partial charge in [0.05, 0.1) is 9.92 Å². The zero-order chi connectivity index (χ0) is 13.3. The second-order valence-electron chi connectivity index (χ2n) is 2.72. The maximum absolute atomic E-state index is 12.3. The number of benzene rings is 1. The molecule has 0 aliphatic rings. The van der Waals surface area contributed by atoms with Crippen LogP contribution in [-0.4, -0.2) is 13.9 Å². The van der Waals surface area contributed by atoms with Crippen molar-refractivity contribution >= 4 is 33.7 Å². The van der Waals surface area contributed by atoms with E-state index in [1.807, 2.05) is 0 Å². The number of sulfone groups is 1. The molecular weight excluding hydrogens is 303 g/mol. The first kappa shape index (κ1) is 14.4. The molecule has 0 aliphatic carbocycles. The first-order valence-corrected chi connectivity index (χ1v) is 6.51. The van der Waals surface area contributed by atoms with Crippen LogP contribution in [0.15, 0.2) is 23.1 Å². The highest BCUT2D eigenvalue weighted by Crippen LogP contribution is 2.36. The molecule has 0 atom stereocenters. The van der Waals surface area contributed by atoms with Crippen LogP contribution in [0.4, 0.5) is 13.2 Å². The monoisotopic (exact) mass is 307 g/mol. The number of alkyl halides is 3. The summed E-state index contributed by atoms with van der Waals surface area (Å²) in [6.45, 7) is 0. The molecular formula is C7H5ClF3NO3S2. The fourth-order valence-electron chi connectivity index (χ4n) is 0.922.